The van der Waals surface area contributed by atoms with Crippen LogP contribution in [-0.4, -0.2) is 20.2 Å². The van der Waals surface area contributed by atoms with Gasteiger partial charge in [-0.25, -0.2) is 4.98 Å². The lowest BCUT2D eigenvalue weighted by Gasteiger charge is -2.10. The first-order chi connectivity index (χ1) is 11.9. The summed E-state index contributed by atoms with van der Waals surface area (Å²) in [6.07, 6.45) is 1.55. The number of carbonyl (C=O) groups excluding carboxylic acids is 1. The van der Waals surface area contributed by atoms with Gasteiger partial charge < -0.3 is 5.32 Å². The molecule has 2 heterocycles. The Balaban J connectivity index is 2.09. The number of nitro groups is 1. The fourth-order valence-corrected chi connectivity index (χ4v) is 2.55. The van der Waals surface area contributed by atoms with Crippen molar-refractivity contribution in [2.45, 2.75) is 13.8 Å². The molecule has 0 saturated carbocycles. The fraction of sp³-hybridized carbons (Fsp3) is 0.118. The third kappa shape index (κ3) is 2.85. The predicted octanol–water partition coefficient (Wildman–Crippen LogP) is 2.47. The van der Waals surface area contributed by atoms with Crippen molar-refractivity contribution in [1.29, 1.82) is 0 Å². The highest BCUT2D eigenvalue weighted by Crippen LogP contribution is 2.19. The molecule has 0 atom stereocenters. The van der Waals surface area contributed by atoms with Crippen LogP contribution in [-0.2, 0) is 0 Å². The number of hydrogen-bond donors (Lipinski definition) is 1. The number of anilines is 1. The first-order valence-electron chi connectivity index (χ1n) is 7.43. The standard InChI is InChI=1S/C17H14N4O4/c1-10-6-5-9-20-15(10)18-11(2)14(17(20)23)19-16(22)12-7-3-4-8-13(12)21(24)25/h3-9H,1-2H3,(H,19,22). The molecule has 0 saturated heterocycles. The largest absolute Gasteiger partial charge is 0.316 e. The van der Waals surface area contributed by atoms with Gasteiger partial charge in [0.2, 0.25) is 0 Å². The summed E-state index contributed by atoms with van der Waals surface area (Å²) in [5.74, 6) is -0.734. The van der Waals surface area contributed by atoms with Crippen molar-refractivity contribution >= 4 is 22.9 Å². The van der Waals surface area contributed by atoms with Crippen LogP contribution in [0.15, 0.2) is 47.4 Å². The molecule has 8 nitrogen and oxygen atoms in total. The van der Waals surface area contributed by atoms with Gasteiger partial charge in [-0.1, -0.05) is 18.2 Å². The molecule has 0 aliphatic heterocycles. The maximum atomic E-state index is 12.7. The van der Waals surface area contributed by atoms with E-state index in [4.69, 9.17) is 0 Å². The Kier molecular flexibility index (Phi) is 4.02. The molecular formula is C17H14N4O4. The van der Waals surface area contributed by atoms with Crippen molar-refractivity contribution in [3.8, 4) is 0 Å². The van der Waals surface area contributed by atoms with Crippen LogP contribution in [0.1, 0.15) is 21.6 Å². The number of pyridine rings is 1. The van der Waals surface area contributed by atoms with E-state index in [0.717, 1.165) is 5.56 Å². The molecule has 3 rings (SSSR count). The zero-order chi connectivity index (χ0) is 18.1. The minimum atomic E-state index is -0.734. The van der Waals surface area contributed by atoms with Gasteiger partial charge in [-0.3, -0.25) is 24.1 Å². The van der Waals surface area contributed by atoms with Gasteiger partial charge in [0.15, 0.2) is 0 Å². The molecule has 0 radical (unpaired) electrons. The van der Waals surface area contributed by atoms with Crippen molar-refractivity contribution in [1.82, 2.24) is 9.38 Å². The summed E-state index contributed by atoms with van der Waals surface area (Å²) >= 11 is 0. The summed E-state index contributed by atoms with van der Waals surface area (Å²) in [4.78, 5) is 39.9. The number of rotatable bonds is 3. The number of para-hydroxylation sites is 1. The fourth-order valence-electron chi connectivity index (χ4n) is 2.55. The summed E-state index contributed by atoms with van der Waals surface area (Å²) in [6, 6.07) is 9.08. The molecule has 2 aromatic heterocycles. The number of nitrogens with one attached hydrogen (secondary N) is 1. The van der Waals surface area contributed by atoms with Crippen LogP contribution in [0.2, 0.25) is 0 Å². The van der Waals surface area contributed by atoms with E-state index in [1.165, 1.54) is 28.7 Å². The number of aryl methyl sites for hydroxylation is 2. The monoisotopic (exact) mass is 338 g/mol. The lowest BCUT2D eigenvalue weighted by molar-refractivity contribution is -0.385. The van der Waals surface area contributed by atoms with Gasteiger partial charge in [0, 0.05) is 12.3 Å². The summed E-state index contributed by atoms with van der Waals surface area (Å²) < 4.78 is 1.33. The van der Waals surface area contributed by atoms with E-state index in [-0.39, 0.29) is 16.9 Å². The van der Waals surface area contributed by atoms with Gasteiger partial charge in [0.1, 0.15) is 16.9 Å². The zero-order valence-corrected chi connectivity index (χ0v) is 13.5. The third-order valence-corrected chi connectivity index (χ3v) is 3.81. The first kappa shape index (κ1) is 16.3. The van der Waals surface area contributed by atoms with Crippen molar-refractivity contribution in [2.24, 2.45) is 0 Å². The van der Waals surface area contributed by atoms with Crippen LogP contribution >= 0.6 is 0 Å². The molecular weight excluding hydrogens is 324 g/mol. The number of hydrogen-bond acceptors (Lipinski definition) is 5. The van der Waals surface area contributed by atoms with Gasteiger partial charge in [0.05, 0.1) is 10.6 Å². The average Bonchev–Trinajstić information content (AvgIpc) is 2.59. The Morgan fingerprint density at radius 1 is 1.20 bits per heavy atom. The van der Waals surface area contributed by atoms with Crippen molar-refractivity contribution in [3.63, 3.8) is 0 Å². The Hall–Kier alpha value is -3.55. The average molecular weight is 338 g/mol. The van der Waals surface area contributed by atoms with E-state index in [2.05, 4.69) is 10.3 Å². The molecule has 0 aliphatic rings. The number of aromatic nitrogens is 2. The number of nitro benzene ring substituents is 1. The SMILES string of the molecule is Cc1nc2c(C)cccn2c(=O)c1NC(=O)c1ccccc1[N+](=O)[O-]. The van der Waals surface area contributed by atoms with Crippen LogP contribution in [0.25, 0.3) is 5.65 Å². The smallest absolute Gasteiger partial charge is 0.282 e. The van der Waals surface area contributed by atoms with Gasteiger partial charge in [-0.15, -0.1) is 0 Å². The summed E-state index contributed by atoms with van der Waals surface area (Å²) in [6.45, 7) is 3.43. The zero-order valence-electron chi connectivity index (χ0n) is 13.5. The normalized spacial score (nSPS) is 10.6. The van der Waals surface area contributed by atoms with Crippen LogP contribution in [0, 0.1) is 24.0 Å². The van der Waals surface area contributed by atoms with Crippen molar-refractivity contribution in [3.05, 3.63) is 79.9 Å². The highest BCUT2D eigenvalue weighted by molar-refractivity contribution is 6.07. The van der Waals surface area contributed by atoms with Crippen LogP contribution in [0.5, 0.6) is 0 Å². The number of amides is 1. The molecule has 1 aromatic carbocycles. The molecule has 126 valence electrons. The highest BCUT2D eigenvalue weighted by atomic mass is 16.6. The second-order valence-corrected chi connectivity index (χ2v) is 5.49. The Morgan fingerprint density at radius 2 is 1.92 bits per heavy atom. The van der Waals surface area contributed by atoms with Gasteiger partial charge >= 0.3 is 0 Å². The third-order valence-electron chi connectivity index (χ3n) is 3.81. The first-order valence-corrected chi connectivity index (χ1v) is 7.43. The number of fused-ring (bicyclic) bond motifs is 1. The lowest BCUT2D eigenvalue weighted by Crippen LogP contribution is -2.25. The quantitative estimate of drug-likeness (QED) is 0.583. The second kappa shape index (κ2) is 6.16. The van der Waals surface area contributed by atoms with Gasteiger partial charge in [0.25, 0.3) is 17.2 Å². The topological polar surface area (TPSA) is 107 Å². The molecule has 3 aromatic rings. The summed E-state index contributed by atoms with van der Waals surface area (Å²) in [5.41, 5.74) is 0.742. The van der Waals surface area contributed by atoms with E-state index in [1.807, 2.05) is 13.0 Å². The minimum absolute atomic E-state index is 0.00810. The maximum Gasteiger partial charge on any atom is 0.282 e. The predicted molar refractivity (Wildman–Crippen MR) is 92.0 cm³/mol. The van der Waals surface area contributed by atoms with E-state index < -0.39 is 16.4 Å². The summed E-state index contributed by atoms with van der Waals surface area (Å²) in [5, 5.41) is 13.5. The molecule has 8 heteroatoms. The van der Waals surface area contributed by atoms with E-state index in [0.29, 0.717) is 11.3 Å². The molecule has 1 amide bonds. The number of carbonyl (C=O) groups is 1. The molecule has 1 N–H and O–H groups in total. The molecule has 0 bridgehead atoms. The van der Waals surface area contributed by atoms with Crippen LogP contribution in [0.3, 0.4) is 0 Å². The molecule has 0 spiro atoms. The molecule has 0 aliphatic carbocycles. The number of nitrogens with zero attached hydrogens (tertiary/aromatic N) is 3. The van der Waals surface area contributed by atoms with Gasteiger partial charge in [-0.2, -0.15) is 0 Å². The van der Waals surface area contributed by atoms with Gasteiger partial charge in [-0.05, 0) is 31.5 Å². The molecule has 0 fully saturated rings. The number of benzene rings is 1. The molecule has 0 unspecified atom stereocenters. The van der Waals surface area contributed by atoms with Crippen molar-refractivity contribution < 1.29 is 9.72 Å². The molecule has 25 heavy (non-hydrogen) atoms. The Bertz CT molecular complexity index is 1070. The minimum Gasteiger partial charge on any atom is -0.316 e. The van der Waals surface area contributed by atoms with E-state index in [9.17, 15) is 19.7 Å². The van der Waals surface area contributed by atoms with Crippen LogP contribution < -0.4 is 10.9 Å². The summed E-state index contributed by atoms with van der Waals surface area (Å²) in [7, 11) is 0. The van der Waals surface area contributed by atoms with E-state index in [1.54, 1.807) is 19.2 Å². The van der Waals surface area contributed by atoms with E-state index >= 15 is 0 Å². The van der Waals surface area contributed by atoms with Crippen LogP contribution in [0.4, 0.5) is 11.4 Å². The lowest BCUT2D eigenvalue weighted by atomic mass is 10.1. The van der Waals surface area contributed by atoms with Crippen molar-refractivity contribution in [2.75, 3.05) is 5.32 Å². The Morgan fingerprint density at radius 3 is 2.64 bits per heavy atom. The Labute approximate surface area is 141 Å². The maximum absolute atomic E-state index is 12.7. The highest BCUT2D eigenvalue weighted by Gasteiger charge is 2.21. The second-order valence-electron chi connectivity index (χ2n) is 5.49.